The van der Waals surface area contributed by atoms with E-state index in [1.807, 2.05) is 6.07 Å². The third-order valence-corrected chi connectivity index (χ3v) is 3.01. The Morgan fingerprint density at radius 2 is 2.04 bits per heavy atom. The molecule has 6 nitrogen and oxygen atoms in total. The average molecular weight is 328 g/mol. The summed E-state index contributed by atoms with van der Waals surface area (Å²) in [7, 11) is 1.37. The Morgan fingerprint density at radius 1 is 1.25 bits per heavy atom. The predicted octanol–water partition coefficient (Wildman–Crippen LogP) is 2.50. The number of hydrogen-bond acceptors (Lipinski definition) is 5. The lowest BCUT2D eigenvalue weighted by Crippen LogP contribution is -2.21. The zero-order valence-electron chi connectivity index (χ0n) is 12.7. The first-order valence-electron chi connectivity index (χ1n) is 6.84. The van der Waals surface area contributed by atoms with Gasteiger partial charge in [-0.05, 0) is 30.3 Å². The number of esters is 1. The van der Waals surface area contributed by atoms with Crippen LogP contribution in [0.25, 0.3) is 0 Å². The van der Waals surface area contributed by atoms with Crippen LogP contribution < -0.4 is 10.1 Å². The number of anilines is 1. The SMILES string of the molecule is COc1ccc(C(=O)OCC(=O)Nc2cccc(C#N)c2)c(F)c1. The lowest BCUT2D eigenvalue weighted by molar-refractivity contribution is -0.119. The Hall–Kier alpha value is -3.40. The highest BCUT2D eigenvalue weighted by atomic mass is 19.1. The van der Waals surface area contributed by atoms with E-state index in [0.717, 1.165) is 6.07 Å². The van der Waals surface area contributed by atoms with Crippen LogP contribution in [0.5, 0.6) is 5.75 Å². The number of amides is 1. The van der Waals surface area contributed by atoms with E-state index in [0.29, 0.717) is 11.3 Å². The lowest BCUT2D eigenvalue weighted by atomic mass is 10.2. The van der Waals surface area contributed by atoms with E-state index in [-0.39, 0.29) is 11.3 Å². The smallest absolute Gasteiger partial charge is 0.341 e. The zero-order chi connectivity index (χ0) is 17.5. The highest BCUT2D eigenvalue weighted by Gasteiger charge is 2.15. The summed E-state index contributed by atoms with van der Waals surface area (Å²) in [5.74, 6) is -2.11. The van der Waals surface area contributed by atoms with E-state index in [9.17, 15) is 14.0 Å². The molecule has 2 aromatic carbocycles. The fourth-order valence-electron chi connectivity index (χ4n) is 1.86. The van der Waals surface area contributed by atoms with Crippen molar-refractivity contribution in [2.75, 3.05) is 19.0 Å². The minimum Gasteiger partial charge on any atom is -0.497 e. The standard InChI is InChI=1S/C17H13FN2O4/c1-23-13-5-6-14(15(18)8-13)17(22)24-10-16(21)20-12-4-2-3-11(7-12)9-19/h2-8H,10H2,1H3,(H,20,21). The largest absolute Gasteiger partial charge is 0.497 e. The molecule has 0 saturated carbocycles. The minimum absolute atomic E-state index is 0.263. The quantitative estimate of drug-likeness (QED) is 0.852. The minimum atomic E-state index is -0.962. The van der Waals surface area contributed by atoms with Gasteiger partial charge in [0.1, 0.15) is 11.6 Å². The topological polar surface area (TPSA) is 88.4 Å². The van der Waals surface area contributed by atoms with E-state index in [1.165, 1.54) is 25.3 Å². The van der Waals surface area contributed by atoms with Gasteiger partial charge >= 0.3 is 5.97 Å². The fraction of sp³-hybridized carbons (Fsp3) is 0.118. The van der Waals surface area contributed by atoms with Crippen LogP contribution in [-0.4, -0.2) is 25.6 Å². The van der Waals surface area contributed by atoms with Crippen molar-refractivity contribution in [3.05, 3.63) is 59.4 Å². The third-order valence-electron chi connectivity index (χ3n) is 3.01. The number of nitriles is 1. The molecule has 2 rings (SSSR count). The molecule has 0 aliphatic carbocycles. The maximum Gasteiger partial charge on any atom is 0.341 e. The Labute approximate surface area is 137 Å². The Kier molecular flexibility index (Phi) is 5.47. The third kappa shape index (κ3) is 4.30. The van der Waals surface area contributed by atoms with Crippen LogP contribution in [0, 0.1) is 17.1 Å². The number of ether oxygens (including phenoxy) is 2. The van der Waals surface area contributed by atoms with Gasteiger partial charge in [0.15, 0.2) is 6.61 Å². The number of benzene rings is 2. The number of halogens is 1. The van der Waals surface area contributed by atoms with Gasteiger partial charge in [0, 0.05) is 11.8 Å². The second-order valence-corrected chi connectivity index (χ2v) is 4.66. The summed E-state index contributed by atoms with van der Waals surface area (Å²) in [6.45, 7) is -0.582. The molecule has 0 radical (unpaired) electrons. The van der Waals surface area contributed by atoms with Gasteiger partial charge in [0.05, 0.1) is 24.3 Å². The summed E-state index contributed by atoms with van der Waals surface area (Å²) >= 11 is 0. The molecule has 0 atom stereocenters. The number of nitrogens with one attached hydrogen (secondary N) is 1. The van der Waals surface area contributed by atoms with Crippen LogP contribution >= 0.6 is 0 Å². The number of hydrogen-bond donors (Lipinski definition) is 1. The number of carbonyl (C=O) groups excluding carboxylic acids is 2. The molecule has 7 heteroatoms. The second kappa shape index (κ2) is 7.74. The van der Waals surface area contributed by atoms with Crippen molar-refractivity contribution in [1.29, 1.82) is 5.26 Å². The van der Waals surface area contributed by atoms with Crippen molar-refractivity contribution in [2.45, 2.75) is 0 Å². The Balaban J connectivity index is 1.94. The lowest BCUT2D eigenvalue weighted by Gasteiger charge is -2.08. The highest BCUT2D eigenvalue weighted by Crippen LogP contribution is 2.17. The molecule has 2 aromatic rings. The van der Waals surface area contributed by atoms with Gasteiger partial charge in [0.25, 0.3) is 5.91 Å². The van der Waals surface area contributed by atoms with Gasteiger partial charge < -0.3 is 14.8 Å². The molecule has 122 valence electrons. The molecule has 0 unspecified atom stereocenters. The molecule has 0 aromatic heterocycles. The maximum atomic E-state index is 13.7. The molecular formula is C17H13FN2O4. The highest BCUT2D eigenvalue weighted by molar-refractivity contribution is 5.95. The van der Waals surface area contributed by atoms with Gasteiger partial charge in [-0.3, -0.25) is 4.79 Å². The van der Waals surface area contributed by atoms with Gasteiger partial charge in [0.2, 0.25) is 0 Å². The molecule has 0 saturated heterocycles. The van der Waals surface area contributed by atoms with Crippen LogP contribution in [0.4, 0.5) is 10.1 Å². The summed E-state index contributed by atoms with van der Waals surface area (Å²) in [5, 5.41) is 11.3. The van der Waals surface area contributed by atoms with Crippen LogP contribution in [-0.2, 0) is 9.53 Å². The van der Waals surface area contributed by atoms with Crippen LogP contribution in [0.3, 0.4) is 0 Å². The number of methoxy groups -OCH3 is 1. The van der Waals surface area contributed by atoms with E-state index < -0.39 is 24.3 Å². The fourth-order valence-corrected chi connectivity index (χ4v) is 1.86. The maximum absolute atomic E-state index is 13.7. The van der Waals surface area contributed by atoms with Gasteiger partial charge in [-0.2, -0.15) is 5.26 Å². The van der Waals surface area contributed by atoms with Gasteiger partial charge in [-0.25, -0.2) is 9.18 Å². The zero-order valence-corrected chi connectivity index (χ0v) is 12.7. The second-order valence-electron chi connectivity index (χ2n) is 4.66. The first-order chi connectivity index (χ1) is 11.5. The van der Waals surface area contributed by atoms with Crippen molar-refractivity contribution < 1.29 is 23.5 Å². The van der Waals surface area contributed by atoms with E-state index in [4.69, 9.17) is 14.7 Å². The Morgan fingerprint density at radius 3 is 2.71 bits per heavy atom. The Bertz CT molecular complexity index is 814. The van der Waals surface area contributed by atoms with E-state index in [2.05, 4.69) is 5.32 Å². The van der Waals surface area contributed by atoms with E-state index in [1.54, 1.807) is 18.2 Å². The molecule has 0 bridgehead atoms. The summed E-state index contributed by atoms with van der Waals surface area (Å²) < 4.78 is 23.3. The summed E-state index contributed by atoms with van der Waals surface area (Å²) in [4.78, 5) is 23.5. The van der Waals surface area contributed by atoms with Gasteiger partial charge in [-0.1, -0.05) is 6.07 Å². The average Bonchev–Trinajstić information content (AvgIpc) is 2.59. The molecule has 0 heterocycles. The molecular weight excluding hydrogens is 315 g/mol. The van der Waals surface area contributed by atoms with Gasteiger partial charge in [-0.15, -0.1) is 0 Å². The number of nitrogens with zero attached hydrogens (tertiary/aromatic N) is 1. The summed E-state index contributed by atoms with van der Waals surface area (Å²) in [5.41, 5.74) is 0.478. The van der Waals surface area contributed by atoms with Crippen molar-refractivity contribution in [2.24, 2.45) is 0 Å². The van der Waals surface area contributed by atoms with Crippen LogP contribution in [0.15, 0.2) is 42.5 Å². The first-order valence-corrected chi connectivity index (χ1v) is 6.84. The van der Waals surface area contributed by atoms with Crippen LogP contribution in [0.1, 0.15) is 15.9 Å². The van der Waals surface area contributed by atoms with Crippen LogP contribution in [0.2, 0.25) is 0 Å². The molecule has 1 amide bonds. The number of rotatable bonds is 5. The molecule has 0 spiro atoms. The molecule has 0 aliphatic heterocycles. The summed E-state index contributed by atoms with van der Waals surface area (Å²) in [6, 6.07) is 11.9. The van der Waals surface area contributed by atoms with E-state index >= 15 is 0 Å². The molecule has 24 heavy (non-hydrogen) atoms. The van der Waals surface area contributed by atoms with Crippen molar-refractivity contribution >= 4 is 17.6 Å². The summed E-state index contributed by atoms with van der Waals surface area (Å²) in [6.07, 6.45) is 0. The number of carbonyl (C=O) groups is 2. The monoisotopic (exact) mass is 328 g/mol. The predicted molar refractivity (Wildman–Crippen MR) is 83.0 cm³/mol. The first kappa shape index (κ1) is 17.0. The van der Waals surface area contributed by atoms with Crippen molar-refractivity contribution in [3.63, 3.8) is 0 Å². The molecule has 0 aliphatic rings. The molecule has 0 fully saturated rings. The normalized spacial score (nSPS) is 9.71. The van der Waals surface area contributed by atoms with Crippen molar-refractivity contribution in [1.82, 2.24) is 0 Å². The van der Waals surface area contributed by atoms with Crippen molar-refractivity contribution in [3.8, 4) is 11.8 Å². The molecule has 1 N–H and O–H groups in total.